The van der Waals surface area contributed by atoms with E-state index < -0.39 is 0 Å². The zero-order valence-corrected chi connectivity index (χ0v) is 11.1. The van der Waals surface area contributed by atoms with Gasteiger partial charge in [-0.15, -0.1) is 11.3 Å². The van der Waals surface area contributed by atoms with Gasteiger partial charge in [-0.2, -0.15) is 0 Å². The van der Waals surface area contributed by atoms with Crippen molar-refractivity contribution in [2.45, 2.75) is 20.0 Å². The summed E-state index contributed by atoms with van der Waals surface area (Å²) in [5, 5.41) is 4.67. The molecule has 94 valence electrons. The number of carbonyl (C=O) groups excluding carboxylic acids is 1. The summed E-state index contributed by atoms with van der Waals surface area (Å²) in [5.74, 6) is -0.0803. The Labute approximate surface area is 105 Å². The van der Waals surface area contributed by atoms with Gasteiger partial charge in [0.05, 0.1) is 17.3 Å². The molecule has 0 aliphatic carbocycles. The van der Waals surface area contributed by atoms with Crippen LogP contribution < -0.4 is 5.32 Å². The van der Waals surface area contributed by atoms with Crippen LogP contribution >= 0.6 is 11.3 Å². The summed E-state index contributed by atoms with van der Waals surface area (Å²) in [6.45, 7) is 5.95. The van der Waals surface area contributed by atoms with E-state index in [-0.39, 0.29) is 12.0 Å². The summed E-state index contributed by atoms with van der Waals surface area (Å²) >= 11 is 1.50. The average Bonchev–Trinajstić information content (AvgIpc) is 2.57. The number of morpholine rings is 1. The second-order valence-corrected chi connectivity index (χ2v) is 5.46. The number of aryl methyl sites for hydroxylation is 2. The highest BCUT2D eigenvalue weighted by molar-refractivity contribution is 7.16. The number of rotatable bonds is 2. The SMILES string of the molecule is Cc1nc(C)c(NC(=O)C2CN(C)CCO2)s1. The normalized spacial score (nSPS) is 21.5. The van der Waals surface area contributed by atoms with Gasteiger partial charge in [0, 0.05) is 13.1 Å². The van der Waals surface area contributed by atoms with Crippen LogP contribution in [0.4, 0.5) is 5.00 Å². The quantitative estimate of drug-likeness (QED) is 0.857. The zero-order chi connectivity index (χ0) is 12.4. The van der Waals surface area contributed by atoms with Crippen LogP contribution in [0, 0.1) is 13.8 Å². The third kappa shape index (κ3) is 3.02. The fourth-order valence-corrected chi connectivity index (χ4v) is 2.60. The van der Waals surface area contributed by atoms with Gasteiger partial charge in [0.1, 0.15) is 11.1 Å². The Balaban J connectivity index is 1.99. The number of anilines is 1. The van der Waals surface area contributed by atoms with Crippen molar-refractivity contribution >= 4 is 22.2 Å². The molecule has 0 aromatic carbocycles. The Morgan fingerprint density at radius 3 is 2.94 bits per heavy atom. The molecule has 1 aliphatic heterocycles. The smallest absolute Gasteiger partial charge is 0.255 e. The van der Waals surface area contributed by atoms with Gasteiger partial charge in [-0.25, -0.2) is 4.98 Å². The van der Waals surface area contributed by atoms with Crippen LogP contribution in [0.2, 0.25) is 0 Å². The summed E-state index contributed by atoms with van der Waals surface area (Å²) in [6.07, 6.45) is -0.379. The van der Waals surface area contributed by atoms with Crippen molar-refractivity contribution in [2.75, 3.05) is 32.1 Å². The Morgan fingerprint density at radius 1 is 1.59 bits per heavy atom. The minimum absolute atomic E-state index is 0.0803. The number of nitrogens with one attached hydrogen (secondary N) is 1. The molecule has 1 aliphatic rings. The summed E-state index contributed by atoms with van der Waals surface area (Å²) in [5.41, 5.74) is 0.866. The van der Waals surface area contributed by atoms with Crippen LogP contribution in [0.1, 0.15) is 10.7 Å². The molecule has 1 aromatic rings. The van der Waals surface area contributed by atoms with E-state index in [1.165, 1.54) is 11.3 Å². The third-order valence-corrected chi connectivity index (χ3v) is 3.69. The largest absolute Gasteiger partial charge is 0.366 e. The lowest BCUT2D eigenvalue weighted by molar-refractivity contribution is -0.132. The number of aromatic nitrogens is 1. The summed E-state index contributed by atoms with van der Waals surface area (Å²) in [4.78, 5) is 18.4. The first-order valence-electron chi connectivity index (χ1n) is 5.61. The van der Waals surface area contributed by atoms with Crippen LogP contribution in [-0.4, -0.2) is 48.6 Å². The number of likely N-dealkylation sites (N-methyl/N-ethyl adjacent to an activating group) is 1. The average molecular weight is 255 g/mol. The van der Waals surface area contributed by atoms with Gasteiger partial charge in [0.15, 0.2) is 0 Å². The molecular formula is C11H17N3O2S. The molecule has 2 rings (SSSR count). The van der Waals surface area contributed by atoms with E-state index in [0.29, 0.717) is 13.2 Å². The van der Waals surface area contributed by atoms with Crippen LogP contribution in [0.25, 0.3) is 0 Å². The van der Waals surface area contributed by atoms with E-state index in [1.807, 2.05) is 20.9 Å². The van der Waals surface area contributed by atoms with Gasteiger partial charge < -0.3 is 15.0 Å². The molecule has 1 fully saturated rings. The summed E-state index contributed by atoms with van der Waals surface area (Å²) < 4.78 is 5.46. The molecule has 1 aromatic heterocycles. The number of amides is 1. The second-order valence-electron chi connectivity index (χ2n) is 4.26. The van der Waals surface area contributed by atoms with E-state index in [1.54, 1.807) is 0 Å². The number of hydrogen-bond donors (Lipinski definition) is 1. The number of nitrogens with zero attached hydrogens (tertiary/aromatic N) is 2. The van der Waals surface area contributed by atoms with Crippen molar-refractivity contribution < 1.29 is 9.53 Å². The molecule has 0 saturated carbocycles. The van der Waals surface area contributed by atoms with E-state index in [2.05, 4.69) is 15.2 Å². The van der Waals surface area contributed by atoms with Gasteiger partial charge in [0.2, 0.25) is 0 Å². The maximum absolute atomic E-state index is 12.0. The molecule has 0 radical (unpaired) electrons. The first-order chi connectivity index (χ1) is 8.06. The minimum atomic E-state index is -0.379. The van der Waals surface area contributed by atoms with Gasteiger partial charge in [-0.05, 0) is 20.9 Å². The topological polar surface area (TPSA) is 54.5 Å². The van der Waals surface area contributed by atoms with Crippen molar-refractivity contribution in [1.82, 2.24) is 9.88 Å². The third-order valence-electron chi connectivity index (χ3n) is 2.70. The van der Waals surface area contributed by atoms with E-state index >= 15 is 0 Å². The minimum Gasteiger partial charge on any atom is -0.366 e. The molecule has 1 amide bonds. The molecule has 0 bridgehead atoms. The second kappa shape index (κ2) is 5.12. The number of hydrogen-bond acceptors (Lipinski definition) is 5. The first-order valence-corrected chi connectivity index (χ1v) is 6.43. The predicted octanol–water partition coefficient (Wildman–Crippen LogP) is 1.03. The van der Waals surface area contributed by atoms with Gasteiger partial charge in [0.25, 0.3) is 5.91 Å². The molecule has 1 unspecified atom stereocenters. The van der Waals surface area contributed by atoms with Crippen molar-refractivity contribution in [1.29, 1.82) is 0 Å². The standard InChI is InChI=1S/C11H17N3O2S/c1-7-11(17-8(2)12-7)13-10(15)9-6-14(3)4-5-16-9/h9H,4-6H2,1-3H3,(H,13,15). The van der Waals surface area contributed by atoms with Crippen molar-refractivity contribution in [3.63, 3.8) is 0 Å². The predicted molar refractivity (Wildman–Crippen MR) is 67.5 cm³/mol. The maximum Gasteiger partial charge on any atom is 0.255 e. The maximum atomic E-state index is 12.0. The fraction of sp³-hybridized carbons (Fsp3) is 0.636. The Bertz CT molecular complexity index is 419. The lowest BCUT2D eigenvalue weighted by Crippen LogP contribution is -2.46. The van der Waals surface area contributed by atoms with E-state index in [4.69, 9.17) is 4.74 Å². The lowest BCUT2D eigenvalue weighted by atomic mass is 10.2. The lowest BCUT2D eigenvalue weighted by Gasteiger charge is -2.28. The number of thiazole rings is 1. The molecule has 1 N–H and O–H groups in total. The highest BCUT2D eigenvalue weighted by Crippen LogP contribution is 2.23. The molecule has 0 spiro atoms. The van der Waals surface area contributed by atoms with E-state index in [9.17, 15) is 4.79 Å². The van der Waals surface area contributed by atoms with Gasteiger partial charge in [-0.3, -0.25) is 4.79 Å². The molecule has 17 heavy (non-hydrogen) atoms. The fourth-order valence-electron chi connectivity index (χ4n) is 1.78. The van der Waals surface area contributed by atoms with Gasteiger partial charge in [-0.1, -0.05) is 0 Å². The Hall–Kier alpha value is -0.980. The first kappa shape index (κ1) is 12.5. The van der Waals surface area contributed by atoms with Crippen LogP contribution in [0.5, 0.6) is 0 Å². The summed E-state index contributed by atoms with van der Waals surface area (Å²) in [6, 6.07) is 0. The Morgan fingerprint density at radius 2 is 2.35 bits per heavy atom. The molecular weight excluding hydrogens is 238 g/mol. The van der Waals surface area contributed by atoms with Crippen LogP contribution in [0.3, 0.4) is 0 Å². The number of ether oxygens (including phenoxy) is 1. The van der Waals surface area contributed by atoms with Gasteiger partial charge >= 0.3 is 0 Å². The number of carbonyl (C=O) groups is 1. The molecule has 1 saturated heterocycles. The van der Waals surface area contributed by atoms with Crippen LogP contribution in [-0.2, 0) is 9.53 Å². The zero-order valence-electron chi connectivity index (χ0n) is 10.3. The Kier molecular flexibility index (Phi) is 3.76. The van der Waals surface area contributed by atoms with Crippen molar-refractivity contribution in [2.24, 2.45) is 0 Å². The molecule has 5 nitrogen and oxygen atoms in total. The van der Waals surface area contributed by atoms with Crippen LogP contribution in [0.15, 0.2) is 0 Å². The van der Waals surface area contributed by atoms with E-state index in [0.717, 1.165) is 22.2 Å². The highest BCUT2D eigenvalue weighted by Gasteiger charge is 2.25. The monoisotopic (exact) mass is 255 g/mol. The highest BCUT2D eigenvalue weighted by atomic mass is 32.1. The van der Waals surface area contributed by atoms with Crippen molar-refractivity contribution in [3.8, 4) is 0 Å². The molecule has 6 heteroatoms. The summed E-state index contributed by atoms with van der Waals surface area (Å²) in [7, 11) is 1.99. The molecule has 1 atom stereocenters. The van der Waals surface area contributed by atoms with Crippen molar-refractivity contribution in [3.05, 3.63) is 10.7 Å². The molecule has 2 heterocycles.